The summed E-state index contributed by atoms with van der Waals surface area (Å²) in [5, 5.41) is 13.6. The monoisotopic (exact) mass is 444 g/mol. The molecule has 0 saturated heterocycles. The smallest absolute Gasteiger partial charge is 0.235 e. The van der Waals surface area contributed by atoms with E-state index in [4.69, 9.17) is 27.9 Å². The Kier molecular flexibility index (Phi) is 7.64. The zero-order valence-corrected chi connectivity index (χ0v) is 18.7. The van der Waals surface area contributed by atoms with Gasteiger partial charge >= 0.3 is 0 Å². The summed E-state index contributed by atoms with van der Waals surface area (Å²) in [6.45, 7) is 2.70. The van der Waals surface area contributed by atoms with Crippen LogP contribution < -0.4 is 10.1 Å². The van der Waals surface area contributed by atoms with E-state index >= 15 is 0 Å². The van der Waals surface area contributed by atoms with E-state index in [0.717, 1.165) is 37.7 Å². The highest BCUT2D eigenvalue weighted by molar-refractivity contribution is 6.35. The molecule has 0 atom stereocenters. The molecule has 1 fully saturated rings. The number of hydrogen-bond acceptors (Lipinski definition) is 3. The van der Waals surface area contributed by atoms with Crippen molar-refractivity contribution in [2.75, 3.05) is 11.9 Å². The third-order valence-corrected chi connectivity index (χ3v) is 6.26. The summed E-state index contributed by atoms with van der Waals surface area (Å²) in [5.74, 6) is 0.494. The van der Waals surface area contributed by atoms with Gasteiger partial charge in [-0.1, -0.05) is 61.9 Å². The van der Waals surface area contributed by atoms with Gasteiger partial charge in [-0.05, 0) is 55.2 Å². The Bertz CT molecular complexity index is 947. The highest BCUT2D eigenvalue weighted by atomic mass is 35.5. The molecule has 1 N–H and O–H groups in total. The maximum atomic E-state index is 13.5. The zero-order chi connectivity index (χ0) is 21.6. The van der Waals surface area contributed by atoms with Crippen LogP contribution in [0.5, 0.6) is 5.75 Å². The Balaban J connectivity index is 1.89. The van der Waals surface area contributed by atoms with Gasteiger partial charge < -0.3 is 10.1 Å². The van der Waals surface area contributed by atoms with Crippen molar-refractivity contribution in [1.82, 2.24) is 0 Å². The number of anilines is 1. The van der Waals surface area contributed by atoms with Gasteiger partial charge in [-0.3, -0.25) is 4.79 Å². The lowest BCUT2D eigenvalue weighted by Gasteiger charge is -2.37. The molecule has 1 amide bonds. The average molecular weight is 445 g/mol. The second-order valence-electron chi connectivity index (χ2n) is 7.74. The first-order chi connectivity index (χ1) is 14.5. The van der Waals surface area contributed by atoms with Crippen molar-refractivity contribution in [3.63, 3.8) is 0 Å². The van der Waals surface area contributed by atoms with Crippen LogP contribution in [-0.2, 0) is 10.2 Å². The van der Waals surface area contributed by atoms with E-state index in [9.17, 15) is 10.1 Å². The van der Waals surface area contributed by atoms with Gasteiger partial charge in [0.25, 0.3) is 0 Å². The first kappa shape index (κ1) is 22.5. The molecule has 0 unspecified atom stereocenters. The molecule has 1 saturated carbocycles. The number of hydrogen-bond donors (Lipinski definition) is 1. The molecular weight excluding hydrogens is 419 g/mol. The van der Waals surface area contributed by atoms with E-state index in [1.54, 1.807) is 30.3 Å². The lowest BCUT2D eigenvalue weighted by Crippen LogP contribution is -2.42. The lowest BCUT2D eigenvalue weighted by atomic mass is 9.68. The number of nitrogens with zero attached hydrogens (tertiary/aromatic N) is 1. The molecule has 2 aromatic rings. The molecule has 1 aliphatic rings. The first-order valence-corrected chi connectivity index (χ1v) is 11.2. The lowest BCUT2D eigenvalue weighted by molar-refractivity contribution is -0.122. The number of carbonyl (C=O) groups excluding carboxylic acids is 1. The van der Waals surface area contributed by atoms with Gasteiger partial charge in [-0.25, -0.2) is 0 Å². The van der Waals surface area contributed by atoms with E-state index in [-0.39, 0.29) is 5.91 Å². The van der Waals surface area contributed by atoms with Crippen LogP contribution in [0.3, 0.4) is 0 Å². The molecule has 0 aliphatic heterocycles. The summed E-state index contributed by atoms with van der Waals surface area (Å²) >= 11 is 12.6. The molecule has 0 bridgehead atoms. The van der Waals surface area contributed by atoms with E-state index in [2.05, 4.69) is 18.3 Å². The van der Waals surface area contributed by atoms with E-state index in [0.29, 0.717) is 46.5 Å². The van der Waals surface area contributed by atoms with E-state index in [1.807, 2.05) is 6.07 Å². The van der Waals surface area contributed by atoms with Gasteiger partial charge in [0.05, 0.1) is 23.3 Å². The van der Waals surface area contributed by atoms with Gasteiger partial charge in [0.1, 0.15) is 11.8 Å². The van der Waals surface area contributed by atoms with Crippen molar-refractivity contribution >= 4 is 34.8 Å². The molecule has 3 rings (SSSR count). The van der Waals surface area contributed by atoms with Crippen molar-refractivity contribution in [2.24, 2.45) is 0 Å². The van der Waals surface area contributed by atoms with Crippen LogP contribution in [0.15, 0.2) is 36.4 Å². The molecule has 0 aromatic heterocycles. The molecular formula is C24H26Cl2N2O2. The summed E-state index contributed by atoms with van der Waals surface area (Å²) in [5.41, 5.74) is 0.929. The van der Waals surface area contributed by atoms with Crippen LogP contribution in [0, 0.1) is 11.3 Å². The van der Waals surface area contributed by atoms with Crippen LogP contribution >= 0.6 is 23.2 Å². The molecule has 6 heteroatoms. The Morgan fingerprint density at radius 1 is 1.17 bits per heavy atom. The number of ether oxygens (including phenoxy) is 1. The van der Waals surface area contributed by atoms with Gasteiger partial charge in [0.2, 0.25) is 5.91 Å². The average Bonchev–Trinajstić information content (AvgIpc) is 2.75. The minimum Gasteiger partial charge on any atom is -0.494 e. The van der Waals surface area contributed by atoms with Crippen molar-refractivity contribution in [3.8, 4) is 11.8 Å². The number of nitriles is 1. The Labute approximate surface area is 188 Å². The Morgan fingerprint density at radius 2 is 1.93 bits per heavy atom. The van der Waals surface area contributed by atoms with Crippen LogP contribution in [0.1, 0.15) is 63.0 Å². The number of nitrogens with one attached hydrogen (secondary N) is 1. The summed E-state index contributed by atoms with van der Waals surface area (Å²) in [6.07, 6.45) is 6.39. The molecule has 2 aromatic carbocycles. The normalized spacial score (nSPS) is 15.3. The summed E-state index contributed by atoms with van der Waals surface area (Å²) in [7, 11) is 0. The second-order valence-corrected chi connectivity index (χ2v) is 8.59. The molecule has 30 heavy (non-hydrogen) atoms. The largest absolute Gasteiger partial charge is 0.494 e. The standard InChI is InChI=1S/C24H26Cl2N2O2/c1-2-3-13-30-19-8-10-22(17(14-19)16-27)28-23(29)24(11-5-4-6-12-24)20-9-7-18(25)15-21(20)26/h7-10,14-15H,2-6,11-13H2,1H3,(H,28,29). The van der Waals surface area contributed by atoms with Crippen molar-refractivity contribution in [3.05, 3.63) is 57.6 Å². The maximum absolute atomic E-state index is 13.5. The van der Waals surface area contributed by atoms with E-state index in [1.165, 1.54) is 0 Å². The van der Waals surface area contributed by atoms with Gasteiger partial charge in [-0.2, -0.15) is 5.26 Å². The molecule has 0 spiro atoms. The van der Waals surface area contributed by atoms with Gasteiger partial charge in [0.15, 0.2) is 0 Å². The first-order valence-electron chi connectivity index (χ1n) is 10.4. The fourth-order valence-electron chi connectivity index (χ4n) is 4.04. The van der Waals surface area contributed by atoms with Crippen LogP contribution in [0.25, 0.3) is 0 Å². The summed E-state index contributed by atoms with van der Waals surface area (Å²) < 4.78 is 5.69. The van der Waals surface area contributed by atoms with Crippen LogP contribution in [0.2, 0.25) is 10.0 Å². The SMILES string of the molecule is CCCCOc1ccc(NC(=O)C2(c3ccc(Cl)cc3Cl)CCCCC2)c(C#N)c1. The topological polar surface area (TPSA) is 62.1 Å². The summed E-state index contributed by atoms with van der Waals surface area (Å²) in [4.78, 5) is 13.5. The van der Waals surface area contributed by atoms with Crippen molar-refractivity contribution in [1.29, 1.82) is 5.26 Å². The Hall–Kier alpha value is -2.22. The zero-order valence-electron chi connectivity index (χ0n) is 17.1. The fourth-order valence-corrected chi connectivity index (χ4v) is 4.63. The minimum atomic E-state index is -0.733. The number of halogens is 2. The third-order valence-electron chi connectivity index (χ3n) is 5.71. The van der Waals surface area contributed by atoms with Gasteiger partial charge in [-0.15, -0.1) is 0 Å². The predicted octanol–water partition coefficient (Wildman–Crippen LogP) is 6.88. The predicted molar refractivity (Wildman–Crippen MR) is 121 cm³/mol. The van der Waals surface area contributed by atoms with Gasteiger partial charge in [0, 0.05) is 10.0 Å². The molecule has 4 nitrogen and oxygen atoms in total. The summed E-state index contributed by atoms with van der Waals surface area (Å²) in [6, 6.07) is 12.7. The number of carbonyl (C=O) groups is 1. The minimum absolute atomic E-state index is 0.137. The van der Waals surface area contributed by atoms with Crippen LogP contribution in [-0.4, -0.2) is 12.5 Å². The molecule has 158 valence electrons. The highest BCUT2D eigenvalue weighted by Gasteiger charge is 2.42. The number of unbranched alkanes of at least 4 members (excludes halogenated alkanes) is 1. The van der Waals surface area contributed by atoms with Crippen molar-refractivity contribution in [2.45, 2.75) is 57.3 Å². The maximum Gasteiger partial charge on any atom is 0.235 e. The quantitative estimate of drug-likeness (QED) is 0.473. The number of amides is 1. The third kappa shape index (κ3) is 4.91. The molecule has 1 aliphatic carbocycles. The van der Waals surface area contributed by atoms with Crippen LogP contribution in [0.4, 0.5) is 5.69 Å². The molecule has 0 radical (unpaired) electrons. The van der Waals surface area contributed by atoms with E-state index < -0.39 is 5.41 Å². The number of benzene rings is 2. The Morgan fingerprint density at radius 3 is 2.60 bits per heavy atom. The fraction of sp³-hybridized carbons (Fsp3) is 0.417. The molecule has 0 heterocycles. The highest BCUT2D eigenvalue weighted by Crippen LogP contribution is 2.44. The van der Waals surface area contributed by atoms with Crippen molar-refractivity contribution < 1.29 is 9.53 Å². The second kappa shape index (κ2) is 10.2. The number of rotatable bonds is 7.